The number of nitrogens with two attached hydrogens (primary N) is 1. The maximum absolute atomic E-state index is 12.6. The fourth-order valence-corrected chi connectivity index (χ4v) is 4.30. The van der Waals surface area contributed by atoms with E-state index >= 15 is 0 Å². The van der Waals surface area contributed by atoms with E-state index in [9.17, 15) is 8.42 Å². The first-order chi connectivity index (χ1) is 9.75. The molecule has 21 heavy (non-hydrogen) atoms. The SMILES string of the molecule is CC(C)(C)C1CCN(S(=O)(=O)c2ccc(NN)cc2)CC1. The van der Waals surface area contributed by atoms with Gasteiger partial charge in [0.2, 0.25) is 10.0 Å². The van der Waals surface area contributed by atoms with Gasteiger partial charge in [-0.25, -0.2) is 8.42 Å². The molecule has 2 rings (SSSR count). The highest BCUT2D eigenvalue weighted by molar-refractivity contribution is 7.89. The van der Waals surface area contributed by atoms with Gasteiger partial charge in [-0.2, -0.15) is 4.31 Å². The van der Waals surface area contributed by atoms with E-state index in [1.54, 1.807) is 28.6 Å². The Hall–Kier alpha value is -1.11. The highest BCUT2D eigenvalue weighted by atomic mass is 32.2. The number of rotatable bonds is 3. The zero-order valence-electron chi connectivity index (χ0n) is 13.0. The molecular weight excluding hydrogens is 286 g/mol. The highest BCUT2D eigenvalue weighted by Crippen LogP contribution is 2.35. The predicted octanol–water partition coefficient (Wildman–Crippen LogP) is 2.42. The molecular formula is C15H25N3O2S. The lowest BCUT2D eigenvalue weighted by atomic mass is 9.76. The van der Waals surface area contributed by atoms with Gasteiger partial charge in [0.05, 0.1) is 4.90 Å². The van der Waals surface area contributed by atoms with E-state index in [1.165, 1.54) is 0 Å². The molecule has 0 aromatic heterocycles. The van der Waals surface area contributed by atoms with Gasteiger partial charge in [0.25, 0.3) is 0 Å². The number of nitrogens with one attached hydrogen (secondary N) is 1. The first-order valence-electron chi connectivity index (χ1n) is 7.32. The van der Waals surface area contributed by atoms with Crippen molar-refractivity contribution in [2.45, 2.75) is 38.5 Å². The van der Waals surface area contributed by atoms with Gasteiger partial charge < -0.3 is 5.43 Å². The van der Waals surface area contributed by atoms with Crippen LogP contribution in [-0.2, 0) is 10.0 Å². The van der Waals surface area contributed by atoms with Crippen LogP contribution < -0.4 is 11.3 Å². The Labute approximate surface area is 127 Å². The fourth-order valence-electron chi connectivity index (χ4n) is 2.83. The first-order valence-corrected chi connectivity index (χ1v) is 8.76. The van der Waals surface area contributed by atoms with Gasteiger partial charge in [-0.1, -0.05) is 20.8 Å². The molecule has 1 fully saturated rings. The molecule has 1 aliphatic rings. The molecule has 0 saturated carbocycles. The molecule has 0 radical (unpaired) electrons. The molecule has 5 nitrogen and oxygen atoms in total. The fraction of sp³-hybridized carbons (Fsp3) is 0.600. The van der Waals surface area contributed by atoms with E-state index in [4.69, 9.17) is 5.84 Å². The predicted molar refractivity (Wildman–Crippen MR) is 85.2 cm³/mol. The lowest BCUT2D eigenvalue weighted by Crippen LogP contribution is -2.41. The topological polar surface area (TPSA) is 75.4 Å². The molecule has 1 aliphatic heterocycles. The van der Waals surface area contributed by atoms with Gasteiger partial charge in [-0.3, -0.25) is 5.84 Å². The molecule has 1 heterocycles. The van der Waals surface area contributed by atoms with Crippen LogP contribution in [0.1, 0.15) is 33.6 Å². The van der Waals surface area contributed by atoms with Crippen molar-refractivity contribution in [2.24, 2.45) is 17.2 Å². The van der Waals surface area contributed by atoms with Crippen molar-refractivity contribution in [3.05, 3.63) is 24.3 Å². The number of hydrogen-bond donors (Lipinski definition) is 2. The summed E-state index contributed by atoms with van der Waals surface area (Å²) in [7, 11) is -3.39. The Balaban J connectivity index is 2.11. The Morgan fingerprint density at radius 2 is 1.67 bits per heavy atom. The second-order valence-corrected chi connectivity index (χ2v) is 8.65. The van der Waals surface area contributed by atoms with Crippen molar-refractivity contribution < 1.29 is 8.42 Å². The van der Waals surface area contributed by atoms with Crippen LogP contribution in [-0.4, -0.2) is 25.8 Å². The third kappa shape index (κ3) is 3.56. The van der Waals surface area contributed by atoms with Crippen LogP contribution in [0.15, 0.2) is 29.2 Å². The second-order valence-electron chi connectivity index (χ2n) is 6.71. The van der Waals surface area contributed by atoms with Crippen LogP contribution in [0.5, 0.6) is 0 Å². The summed E-state index contributed by atoms with van der Waals surface area (Å²) in [5.41, 5.74) is 3.43. The van der Waals surface area contributed by atoms with Crippen molar-refractivity contribution in [1.82, 2.24) is 4.31 Å². The summed E-state index contributed by atoms with van der Waals surface area (Å²) in [6.45, 7) is 7.86. The number of sulfonamides is 1. The number of benzene rings is 1. The van der Waals surface area contributed by atoms with Crippen LogP contribution in [0, 0.1) is 11.3 Å². The van der Waals surface area contributed by atoms with Crippen molar-refractivity contribution in [2.75, 3.05) is 18.5 Å². The number of hydrazine groups is 1. The summed E-state index contributed by atoms with van der Waals surface area (Å²) < 4.78 is 26.8. The van der Waals surface area contributed by atoms with Gasteiger partial charge >= 0.3 is 0 Å². The standard InChI is InChI=1S/C15H25N3O2S/c1-15(2,3)12-8-10-18(11-9-12)21(19,20)14-6-4-13(17-16)5-7-14/h4-7,12,17H,8-11,16H2,1-3H3. The zero-order chi connectivity index (χ0) is 15.7. The van der Waals surface area contributed by atoms with E-state index in [-0.39, 0.29) is 5.41 Å². The van der Waals surface area contributed by atoms with Crippen LogP contribution in [0.25, 0.3) is 0 Å². The molecule has 1 aromatic carbocycles. The smallest absolute Gasteiger partial charge is 0.243 e. The number of nitrogen functional groups attached to an aromatic ring is 1. The largest absolute Gasteiger partial charge is 0.324 e. The lowest BCUT2D eigenvalue weighted by molar-refractivity contribution is 0.154. The minimum absolute atomic E-state index is 0.240. The quantitative estimate of drug-likeness (QED) is 0.664. The Bertz CT molecular complexity index is 568. The maximum atomic E-state index is 12.6. The molecule has 118 valence electrons. The van der Waals surface area contributed by atoms with E-state index in [2.05, 4.69) is 26.2 Å². The Morgan fingerprint density at radius 1 is 1.14 bits per heavy atom. The summed E-state index contributed by atoms with van der Waals surface area (Å²) >= 11 is 0. The molecule has 0 aliphatic carbocycles. The molecule has 1 saturated heterocycles. The normalized spacial score (nSPS) is 18.7. The third-order valence-corrected chi connectivity index (χ3v) is 6.25. The first kappa shape index (κ1) is 16.3. The van der Waals surface area contributed by atoms with E-state index < -0.39 is 10.0 Å². The highest BCUT2D eigenvalue weighted by Gasteiger charge is 2.33. The van der Waals surface area contributed by atoms with E-state index in [1.807, 2.05) is 0 Å². The van der Waals surface area contributed by atoms with Crippen LogP contribution in [0.2, 0.25) is 0 Å². The Kier molecular flexibility index (Phi) is 4.60. The monoisotopic (exact) mass is 311 g/mol. The molecule has 6 heteroatoms. The van der Waals surface area contributed by atoms with Crippen molar-refractivity contribution in [3.63, 3.8) is 0 Å². The van der Waals surface area contributed by atoms with Gasteiger partial charge in [0.15, 0.2) is 0 Å². The number of hydrogen-bond acceptors (Lipinski definition) is 4. The zero-order valence-corrected chi connectivity index (χ0v) is 13.8. The van der Waals surface area contributed by atoms with Crippen LogP contribution in [0.3, 0.4) is 0 Å². The van der Waals surface area contributed by atoms with Gasteiger partial charge in [0.1, 0.15) is 0 Å². The van der Waals surface area contributed by atoms with Crippen molar-refractivity contribution in [1.29, 1.82) is 0 Å². The van der Waals surface area contributed by atoms with Gasteiger partial charge in [-0.05, 0) is 48.4 Å². The summed E-state index contributed by atoms with van der Waals surface area (Å²) in [5, 5.41) is 0. The molecule has 1 aromatic rings. The number of piperidine rings is 1. The van der Waals surface area contributed by atoms with Crippen LogP contribution in [0.4, 0.5) is 5.69 Å². The van der Waals surface area contributed by atoms with E-state index in [0.717, 1.165) is 12.8 Å². The summed E-state index contributed by atoms with van der Waals surface area (Å²) in [5.74, 6) is 5.87. The number of anilines is 1. The van der Waals surface area contributed by atoms with E-state index in [0.29, 0.717) is 29.6 Å². The minimum atomic E-state index is -3.39. The molecule has 3 N–H and O–H groups in total. The third-order valence-electron chi connectivity index (χ3n) is 4.34. The molecule has 0 unspecified atom stereocenters. The molecule has 0 spiro atoms. The Morgan fingerprint density at radius 3 is 2.10 bits per heavy atom. The maximum Gasteiger partial charge on any atom is 0.243 e. The van der Waals surface area contributed by atoms with Gasteiger partial charge in [-0.15, -0.1) is 0 Å². The summed E-state index contributed by atoms with van der Waals surface area (Å²) in [6.07, 6.45) is 1.84. The van der Waals surface area contributed by atoms with Crippen LogP contribution >= 0.6 is 0 Å². The summed E-state index contributed by atoms with van der Waals surface area (Å²) in [4.78, 5) is 0.329. The second kappa shape index (κ2) is 5.94. The average Bonchev–Trinajstić information content (AvgIpc) is 2.46. The van der Waals surface area contributed by atoms with Crippen molar-refractivity contribution >= 4 is 15.7 Å². The molecule has 0 amide bonds. The van der Waals surface area contributed by atoms with Crippen molar-refractivity contribution in [3.8, 4) is 0 Å². The minimum Gasteiger partial charge on any atom is -0.324 e. The lowest BCUT2D eigenvalue weighted by Gasteiger charge is -2.38. The summed E-state index contributed by atoms with van der Waals surface area (Å²) in [6, 6.07) is 6.55. The molecule has 0 atom stereocenters. The molecule has 0 bridgehead atoms. The number of nitrogens with zero attached hydrogens (tertiary/aromatic N) is 1. The van der Waals surface area contributed by atoms with Gasteiger partial charge in [0, 0.05) is 18.8 Å². The average molecular weight is 311 g/mol.